The molecule has 4 saturated carbocycles. The van der Waals surface area contributed by atoms with Crippen LogP contribution in [-0.4, -0.2) is 16.9 Å². The maximum absolute atomic E-state index is 12.0. The summed E-state index contributed by atoms with van der Waals surface area (Å²) in [6.45, 7) is 0. The molecule has 0 aromatic heterocycles. The fourth-order valence-electron chi connectivity index (χ4n) is 5.26. The Kier molecular flexibility index (Phi) is 2.95. The van der Waals surface area contributed by atoms with Crippen LogP contribution in [0.1, 0.15) is 57.8 Å². The smallest absolute Gasteiger partial charge is 0.303 e. The van der Waals surface area contributed by atoms with Crippen molar-refractivity contribution in [1.29, 1.82) is 0 Å². The van der Waals surface area contributed by atoms with Crippen LogP contribution >= 0.6 is 0 Å². The monoisotopic (exact) mass is 250 g/mol. The SMILES string of the molecule is O=C(O)CCC(=O)CC12CC3CC(CC(C3)C1)C2. The Morgan fingerprint density at radius 1 is 0.944 bits per heavy atom. The Morgan fingerprint density at radius 2 is 1.44 bits per heavy atom. The molecule has 4 rings (SSSR count). The molecular weight excluding hydrogens is 228 g/mol. The number of rotatable bonds is 5. The van der Waals surface area contributed by atoms with Gasteiger partial charge < -0.3 is 5.11 Å². The highest BCUT2D eigenvalue weighted by Crippen LogP contribution is 2.61. The third-order valence-electron chi connectivity index (χ3n) is 5.35. The third-order valence-corrected chi connectivity index (χ3v) is 5.35. The lowest BCUT2D eigenvalue weighted by Gasteiger charge is -2.56. The summed E-state index contributed by atoms with van der Waals surface area (Å²) in [4.78, 5) is 22.5. The van der Waals surface area contributed by atoms with E-state index in [2.05, 4.69) is 0 Å². The van der Waals surface area contributed by atoms with E-state index in [-0.39, 0.29) is 24.0 Å². The fourth-order valence-corrected chi connectivity index (χ4v) is 5.26. The molecule has 0 aromatic rings. The van der Waals surface area contributed by atoms with Gasteiger partial charge >= 0.3 is 5.97 Å². The molecular formula is C15H22O3. The minimum Gasteiger partial charge on any atom is -0.481 e. The van der Waals surface area contributed by atoms with Gasteiger partial charge in [0.1, 0.15) is 5.78 Å². The molecule has 0 radical (unpaired) electrons. The molecule has 0 aromatic carbocycles. The highest BCUT2D eigenvalue weighted by molar-refractivity contribution is 5.82. The van der Waals surface area contributed by atoms with Crippen molar-refractivity contribution in [3.63, 3.8) is 0 Å². The summed E-state index contributed by atoms with van der Waals surface area (Å²) in [5.41, 5.74) is 0.268. The molecule has 3 nitrogen and oxygen atoms in total. The molecule has 4 fully saturated rings. The number of ketones is 1. The van der Waals surface area contributed by atoms with Gasteiger partial charge in [-0.25, -0.2) is 0 Å². The Morgan fingerprint density at radius 3 is 1.89 bits per heavy atom. The van der Waals surface area contributed by atoms with Gasteiger partial charge in [0, 0.05) is 12.8 Å². The molecule has 0 spiro atoms. The number of Topliss-reactive ketones (excluding diaryl/α,β-unsaturated/α-hetero) is 1. The molecule has 0 amide bonds. The predicted molar refractivity (Wildman–Crippen MR) is 67.1 cm³/mol. The molecule has 4 bridgehead atoms. The summed E-state index contributed by atoms with van der Waals surface area (Å²) in [5, 5.41) is 8.64. The third kappa shape index (κ3) is 2.32. The van der Waals surface area contributed by atoms with Gasteiger partial charge in [0.15, 0.2) is 0 Å². The first kappa shape index (κ1) is 12.2. The molecule has 3 heteroatoms. The average Bonchev–Trinajstić information content (AvgIpc) is 2.23. The highest BCUT2D eigenvalue weighted by atomic mass is 16.4. The average molecular weight is 250 g/mol. The van der Waals surface area contributed by atoms with Gasteiger partial charge in [0.2, 0.25) is 0 Å². The maximum Gasteiger partial charge on any atom is 0.303 e. The first-order chi connectivity index (χ1) is 8.55. The van der Waals surface area contributed by atoms with Gasteiger partial charge in [-0.2, -0.15) is 0 Å². The summed E-state index contributed by atoms with van der Waals surface area (Å²) in [6, 6.07) is 0. The van der Waals surface area contributed by atoms with Crippen LogP contribution in [0.5, 0.6) is 0 Å². The first-order valence-corrected chi connectivity index (χ1v) is 7.28. The molecule has 4 aliphatic rings. The van der Waals surface area contributed by atoms with E-state index in [4.69, 9.17) is 5.11 Å². The fraction of sp³-hybridized carbons (Fsp3) is 0.867. The normalized spacial score (nSPS) is 41.0. The summed E-state index contributed by atoms with van der Waals surface area (Å²) in [6.07, 6.45) is 8.77. The van der Waals surface area contributed by atoms with Crippen molar-refractivity contribution in [3.8, 4) is 0 Å². The Balaban J connectivity index is 1.61. The van der Waals surface area contributed by atoms with Crippen LogP contribution in [0.25, 0.3) is 0 Å². The number of carbonyl (C=O) groups is 2. The minimum atomic E-state index is -0.853. The molecule has 4 aliphatic carbocycles. The van der Waals surface area contributed by atoms with Crippen LogP contribution < -0.4 is 0 Å². The lowest BCUT2D eigenvalue weighted by atomic mass is 9.48. The van der Waals surface area contributed by atoms with Gasteiger partial charge in [0.05, 0.1) is 6.42 Å². The zero-order chi connectivity index (χ0) is 12.8. The van der Waals surface area contributed by atoms with Crippen LogP contribution in [0.15, 0.2) is 0 Å². The maximum atomic E-state index is 12.0. The van der Waals surface area contributed by atoms with Crippen molar-refractivity contribution in [3.05, 3.63) is 0 Å². The van der Waals surface area contributed by atoms with E-state index in [0.29, 0.717) is 6.42 Å². The summed E-state index contributed by atoms with van der Waals surface area (Å²) < 4.78 is 0. The summed E-state index contributed by atoms with van der Waals surface area (Å²) in [5.74, 6) is 1.92. The molecule has 0 atom stereocenters. The standard InChI is InChI=1S/C15H22O3/c16-13(1-2-14(17)18)9-15-6-10-3-11(7-15)5-12(4-10)8-15/h10-12H,1-9H2,(H,17,18). The number of aliphatic carboxylic acids is 1. The quantitative estimate of drug-likeness (QED) is 0.816. The van der Waals surface area contributed by atoms with Crippen LogP contribution in [0.4, 0.5) is 0 Å². The van der Waals surface area contributed by atoms with Crippen molar-refractivity contribution >= 4 is 11.8 Å². The van der Waals surface area contributed by atoms with Crippen LogP contribution in [0, 0.1) is 23.2 Å². The summed E-state index contributed by atoms with van der Waals surface area (Å²) in [7, 11) is 0. The number of carboxylic acids is 1. The van der Waals surface area contributed by atoms with Gasteiger partial charge in [0.25, 0.3) is 0 Å². The lowest BCUT2D eigenvalue weighted by Crippen LogP contribution is -2.46. The topological polar surface area (TPSA) is 54.4 Å². The minimum absolute atomic E-state index is 0.00516. The Labute approximate surface area is 108 Å². The Hall–Kier alpha value is -0.860. The van der Waals surface area contributed by atoms with Crippen LogP contribution in [-0.2, 0) is 9.59 Å². The Bertz CT molecular complexity index is 337. The molecule has 0 heterocycles. The van der Waals surface area contributed by atoms with E-state index in [1.807, 2.05) is 0 Å². The van der Waals surface area contributed by atoms with Crippen LogP contribution in [0.3, 0.4) is 0 Å². The molecule has 0 unspecified atom stereocenters. The number of carbonyl (C=O) groups excluding carboxylic acids is 1. The van der Waals surface area contributed by atoms with Gasteiger partial charge in [-0.15, -0.1) is 0 Å². The van der Waals surface area contributed by atoms with E-state index in [0.717, 1.165) is 17.8 Å². The second kappa shape index (κ2) is 4.36. The number of hydrogen-bond donors (Lipinski definition) is 1. The van der Waals surface area contributed by atoms with E-state index < -0.39 is 5.97 Å². The van der Waals surface area contributed by atoms with E-state index >= 15 is 0 Å². The van der Waals surface area contributed by atoms with E-state index in [1.54, 1.807) is 0 Å². The lowest BCUT2D eigenvalue weighted by molar-refractivity contribution is -0.139. The highest BCUT2D eigenvalue weighted by Gasteiger charge is 2.51. The van der Waals surface area contributed by atoms with Crippen molar-refractivity contribution in [2.24, 2.45) is 23.2 Å². The van der Waals surface area contributed by atoms with Gasteiger partial charge in [-0.05, 0) is 61.7 Å². The summed E-state index contributed by atoms with van der Waals surface area (Å²) >= 11 is 0. The number of hydrogen-bond acceptors (Lipinski definition) is 2. The predicted octanol–water partition coefficient (Wildman–Crippen LogP) is 3.03. The molecule has 1 N–H and O–H groups in total. The van der Waals surface area contributed by atoms with E-state index in [9.17, 15) is 9.59 Å². The largest absolute Gasteiger partial charge is 0.481 e. The zero-order valence-corrected chi connectivity index (χ0v) is 10.9. The first-order valence-electron chi connectivity index (χ1n) is 7.28. The molecule has 0 aliphatic heterocycles. The number of carboxylic acid groups (broad SMARTS) is 1. The van der Waals surface area contributed by atoms with Crippen molar-refractivity contribution in [2.75, 3.05) is 0 Å². The van der Waals surface area contributed by atoms with Gasteiger partial charge in [-0.3, -0.25) is 9.59 Å². The van der Waals surface area contributed by atoms with Gasteiger partial charge in [-0.1, -0.05) is 0 Å². The zero-order valence-electron chi connectivity index (χ0n) is 10.9. The second-order valence-corrected chi connectivity index (χ2v) is 7.03. The van der Waals surface area contributed by atoms with Crippen LogP contribution in [0.2, 0.25) is 0 Å². The molecule has 0 saturated heterocycles. The molecule has 18 heavy (non-hydrogen) atoms. The van der Waals surface area contributed by atoms with E-state index in [1.165, 1.54) is 38.5 Å². The van der Waals surface area contributed by atoms with Crippen molar-refractivity contribution < 1.29 is 14.7 Å². The second-order valence-electron chi connectivity index (χ2n) is 7.03. The van der Waals surface area contributed by atoms with Crippen molar-refractivity contribution in [1.82, 2.24) is 0 Å². The van der Waals surface area contributed by atoms with Crippen molar-refractivity contribution in [2.45, 2.75) is 57.8 Å². The molecule has 100 valence electrons.